The van der Waals surface area contributed by atoms with Crippen molar-refractivity contribution in [2.24, 2.45) is 0 Å². The normalized spacial score (nSPS) is 8.30. The first-order valence-electron chi connectivity index (χ1n) is 3.89. The molecule has 0 N–H and O–H groups in total. The van der Waals surface area contributed by atoms with Crippen molar-refractivity contribution < 1.29 is 0 Å². The molecule has 1 rings (SSSR count). The molecule has 0 radical (unpaired) electrons. The molecule has 0 aliphatic carbocycles. The van der Waals surface area contributed by atoms with Gasteiger partial charge in [0, 0.05) is 0 Å². The Morgan fingerprint density at radius 3 is 2.00 bits per heavy atom. The fourth-order valence-corrected chi connectivity index (χ4v) is 1.03. The molecule has 0 amide bonds. The van der Waals surface area contributed by atoms with Crippen molar-refractivity contribution in [2.45, 2.75) is 24.9 Å². The number of unbranched alkanes of at least 4 members (excludes halogenated alkanes) is 1. The Morgan fingerprint density at radius 2 is 1.90 bits per heavy atom. The predicted octanol–water partition coefficient (Wildman–Crippen LogP) is 3.12. The first-order chi connectivity index (χ1) is 4.91. The summed E-state index contributed by atoms with van der Waals surface area (Å²) in [6, 6.07) is 4.04. The van der Waals surface area contributed by atoms with Crippen LogP contribution in [-0.4, -0.2) is 17.7 Å². The van der Waals surface area contributed by atoms with Crippen LogP contribution in [0.3, 0.4) is 0 Å². The predicted molar refractivity (Wildman–Crippen MR) is 49.8 cm³/mol. The molecule has 0 spiro atoms. The number of hydrogen-bond donors (Lipinski definition) is 0. The van der Waals surface area contributed by atoms with E-state index in [0.717, 1.165) is 0 Å². The Kier molecular flexibility index (Phi) is 9.57. The summed E-state index contributed by atoms with van der Waals surface area (Å²) in [6.45, 7) is 2.21. The fraction of sp³-hybridized carbons (Fsp3) is 0.500. The van der Waals surface area contributed by atoms with Gasteiger partial charge in [-0.25, -0.2) is 0 Å². The third-order valence-corrected chi connectivity index (χ3v) is 1.76. The molecule has 1 aromatic rings. The molecule has 0 nitrogen and oxygen atoms in total. The summed E-state index contributed by atoms with van der Waals surface area (Å²) in [7, 11) is 0. The molecular formula is C8H13LiS. The molecule has 0 aliphatic heterocycles. The van der Waals surface area contributed by atoms with Gasteiger partial charge in [-0.15, -0.1) is 0 Å². The van der Waals surface area contributed by atoms with Crippen molar-refractivity contribution in [3.63, 3.8) is 0 Å². The number of thiophene rings is 1. The topological polar surface area (TPSA) is 0 Å². The summed E-state index contributed by atoms with van der Waals surface area (Å²) in [5.74, 6) is 0. The molecule has 0 bridgehead atoms. The van der Waals surface area contributed by atoms with E-state index in [4.69, 9.17) is 0 Å². The van der Waals surface area contributed by atoms with Crippen LogP contribution in [0.1, 0.15) is 19.8 Å². The van der Waals surface area contributed by atoms with Crippen LogP contribution < -0.4 is 0 Å². The number of rotatable bonds is 2. The Bertz CT molecular complexity index is 95.6. The quantitative estimate of drug-likeness (QED) is 0.565. The Hall–Kier alpha value is 0.297. The van der Waals surface area contributed by atoms with E-state index in [1.54, 1.807) is 11.3 Å². The molecule has 0 saturated carbocycles. The minimum Gasteiger partial charge on any atom is -0.152 e. The van der Waals surface area contributed by atoms with Crippen LogP contribution in [-0.2, 0) is 0 Å². The molecule has 2 heteroatoms. The summed E-state index contributed by atoms with van der Waals surface area (Å²) >= 11 is 3.92. The van der Waals surface area contributed by atoms with Crippen LogP contribution in [0, 0.1) is 0 Å². The van der Waals surface area contributed by atoms with Crippen LogP contribution in [0.2, 0.25) is 5.09 Å². The molecule has 0 unspecified atom stereocenters. The molecular weight excluding hydrogens is 135 g/mol. The van der Waals surface area contributed by atoms with E-state index in [0.29, 0.717) is 0 Å². The van der Waals surface area contributed by atoms with Gasteiger partial charge in [0.1, 0.15) is 0 Å². The summed E-state index contributed by atoms with van der Waals surface area (Å²) in [5, 5.41) is 5.43. The van der Waals surface area contributed by atoms with Gasteiger partial charge in [0.25, 0.3) is 0 Å². The average molecular weight is 148 g/mol. The summed E-state index contributed by atoms with van der Waals surface area (Å²) < 4.78 is 0. The summed E-state index contributed by atoms with van der Waals surface area (Å²) in [4.78, 5) is 0. The molecule has 0 fully saturated rings. The van der Waals surface area contributed by atoms with Crippen molar-refractivity contribution in [3.05, 3.63) is 22.9 Å². The van der Waals surface area contributed by atoms with Crippen LogP contribution >= 0.6 is 11.3 Å². The molecule has 52 valence electrons. The monoisotopic (exact) mass is 148 g/mol. The second-order valence-corrected chi connectivity index (χ2v) is 2.96. The standard InChI is InChI=1S/C4H4S.C4H9.Li/c1-2-4-5-3-1;1-3-4-2;/h1-4H;1,3-4H2,2H3;. The van der Waals surface area contributed by atoms with Gasteiger partial charge in [-0.05, 0) is 10.8 Å². The van der Waals surface area contributed by atoms with E-state index >= 15 is 0 Å². The van der Waals surface area contributed by atoms with Gasteiger partial charge in [0.2, 0.25) is 0 Å². The van der Waals surface area contributed by atoms with Gasteiger partial charge < -0.3 is 0 Å². The zero-order valence-electron chi connectivity index (χ0n) is 6.84. The second-order valence-electron chi connectivity index (χ2n) is 2.15. The van der Waals surface area contributed by atoms with Gasteiger partial charge in [-0.3, -0.25) is 0 Å². The van der Waals surface area contributed by atoms with E-state index < -0.39 is 0 Å². The van der Waals surface area contributed by atoms with Gasteiger partial charge in [0.15, 0.2) is 0 Å². The van der Waals surface area contributed by atoms with Gasteiger partial charge in [0.05, 0.1) is 0 Å². The van der Waals surface area contributed by atoms with E-state index in [-0.39, 0.29) is 0 Å². The SMILES string of the molecule is [Li][CH2]CCC.c1ccsc1. The first-order valence-corrected chi connectivity index (χ1v) is 4.83. The maximum absolute atomic E-state index is 2.21. The zero-order chi connectivity index (χ0) is 7.66. The Balaban J connectivity index is 0.000000162. The zero-order valence-corrected chi connectivity index (χ0v) is 7.66. The van der Waals surface area contributed by atoms with Crippen molar-refractivity contribution in [1.82, 2.24) is 0 Å². The molecule has 10 heavy (non-hydrogen) atoms. The fourth-order valence-electron chi connectivity index (χ4n) is 0.580. The molecule has 0 aliphatic rings. The Morgan fingerprint density at radius 1 is 1.30 bits per heavy atom. The molecule has 0 aromatic carbocycles. The summed E-state index contributed by atoms with van der Waals surface area (Å²) in [6.07, 6.45) is 2.73. The molecule has 0 saturated heterocycles. The van der Waals surface area contributed by atoms with Crippen LogP contribution in [0.5, 0.6) is 0 Å². The third-order valence-electron chi connectivity index (χ3n) is 1.13. The van der Waals surface area contributed by atoms with E-state index in [1.165, 1.54) is 17.9 Å². The van der Waals surface area contributed by atoms with Gasteiger partial charge >= 0.3 is 42.6 Å². The molecule has 1 heterocycles. The van der Waals surface area contributed by atoms with E-state index in [9.17, 15) is 0 Å². The van der Waals surface area contributed by atoms with E-state index in [2.05, 4.69) is 24.6 Å². The summed E-state index contributed by atoms with van der Waals surface area (Å²) in [5.41, 5.74) is 0. The van der Waals surface area contributed by atoms with Crippen LogP contribution in [0.15, 0.2) is 22.9 Å². The molecule has 1 aromatic heterocycles. The van der Waals surface area contributed by atoms with Crippen molar-refractivity contribution in [1.29, 1.82) is 0 Å². The first kappa shape index (κ1) is 10.3. The van der Waals surface area contributed by atoms with Crippen molar-refractivity contribution in [3.8, 4) is 0 Å². The largest absolute Gasteiger partial charge is 0.152 e. The second kappa shape index (κ2) is 9.30. The maximum atomic E-state index is 2.21. The van der Waals surface area contributed by atoms with Gasteiger partial charge in [-0.1, -0.05) is 12.1 Å². The minimum absolute atomic E-state index is 1.34. The van der Waals surface area contributed by atoms with Crippen molar-refractivity contribution >= 4 is 29.1 Å². The third kappa shape index (κ3) is 8.30. The van der Waals surface area contributed by atoms with Crippen molar-refractivity contribution in [2.75, 3.05) is 0 Å². The van der Waals surface area contributed by atoms with Crippen LogP contribution in [0.25, 0.3) is 0 Å². The maximum Gasteiger partial charge on any atom is -0.00934 e. The average Bonchev–Trinajstić information content (AvgIpc) is 2.44. The van der Waals surface area contributed by atoms with Gasteiger partial charge in [-0.2, -0.15) is 11.3 Å². The van der Waals surface area contributed by atoms with Crippen LogP contribution in [0.4, 0.5) is 0 Å². The smallest absolute Gasteiger partial charge is 0.00934 e. The molecule has 0 atom stereocenters. The van der Waals surface area contributed by atoms with E-state index in [1.807, 2.05) is 22.9 Å². The Labute approximate surface area is 76.9 Å². The number of hydrogen-bond acceptors (Lipinski definition) is 1. The minimum atomic E-state index is 1.34.